The van der Waals surface area contributed by atoms with Crippen LogP contribution in [0, 0.1) is 5.92 Å². The molecular formula is C19H21Cl2N3O3. The summed E-state index contributed by atoms with van der Waals surface area (Å²) in [6.07, 6.45) is -0.519. The largest absolute Gasteiger partial charge is 0.449 e. The molecule has 2 amide bonds. The molecule has 6 nitrogen and oxygen atoms in total. The molecule has 0 unspecified atom stereocenters. The van der Waals surface area contributed by atoms with Crippen molar-refractivity contribution >= 4 is 52.3 Å². The molecule has 0 fully saturated rings. The molecule has 0 spiro atoms. The van der Waals surface area contributed by atoms with Crippen LogP contribution in [0.1, 0.15) is 13.8 Å². The second-order valence-corrected chi connectivity index (χ2v) is 6.99. The van der Waals surface area contributed by atoms with Crippen LogP contribution in [0.25, 0.3) is 0 Å². The van der Waals surface area contributed by atoms with Crippen molar-refractivity contribution < 1.29 is 14.3 Å². The van der Waals surface area contributed by atoms with Gasteiger partial charge in [-0.1, -0.05) is 49.2 Å². The first-order chi connectivity index (χ1) is 12.8. The van der Waals surface area contributed by atoms with E-state index in [0.717, 1.165) is 0 Å². The van der Waals surface area contributed by atoms with Gasteiger partial charge in [0.25, 0.3) is 0 Å². The van der Waals surface area contributed by atoms with E-state index in [0.29, 0.717) is 33.7 Å². The molecule has 144 valence electrons. The highest BCUT2D eigenvalue weighted by Gasteiger charge is 2.09. The zero-order chi connectivity index (χ0) is 19.8. The minimum atomic E-state index is -0.519. The zero-order valence-electron chi connectivity index (χ0n) is 15.0. The van der Waals surface area contributed by atoms with Gasteiger partial charge in [0.1, 0.15) is 0 Å². The van der Waals surface area contributed by atoms with Crippen molar-refractivity contribution in [3.05, 3.63) is 52.5 Å². The van der Waals surface area contributed by atoms with E-state index in [1.54, 1.807) is 42.5 Å². The van der Waals surface area contributed by atoms with Gasteiger partial charge in [-0.2, -0.15) is 0 Å². The lowest BCUT2D eigenvalue weighted by molar-refractivity contribution is -0.114. The highest BCUT2D eigenvalue weighted by molar-refractivity contribution is 6.44. The number of rotatable bonds is 7. The van der Waals surface area contributed by atoms with Crippen molar-refractivity contribution in [3.8, 4) is 0 Å². The number of hydrogen-bond acceptors (Lipinski definition) is 4. The van der Waals surface area contributed by atoms with Crippen molar-refractivity contribution in [1.82, 2.24) is 0 Å². The Bertz CT molecular complexity index is 813. The number of anilines is 3. The highest BCUT2D eigenvalue weighted by atomic mass is 35.5. The first-order valence-electron chi connectivity index (χ1n) is 8.36. The van der Waals surface area contributed by atoms with E-state index in [1.807, 2.05) is 13.8 Å². The lowest BCUT2D eigenvalue weighted by atomic mass is 10.2. The smallest absolute Gasteiger partial charge is 0.411 e. The molecule has 2 aromatic carbocycles. The monoisotopic (exact) mass is 409 g/mol. The van der Waals surface area contributed by atoms with Gasteiger partial charge >= 0.3 is 6.09 Å². The van der Waals surface area contributed by atoms with Crippen LogP contribution in [0.2, 0.25) is 10.0 Å². The standard InChI is InChI=1S/C19H21Cl2N3O3/c1-12(2)11-27-19(26)23-14-6-3-5-13(9-14)22-10-17(25)24-16-8-4-7-15(20)18(16)21/h3-9,12,22H,10-11H2,1-2H3,(H,23,26)(H,24,25). The van der Waals surface area contributed by atoms with Crippen LogP contribution in [-0.4, -0.2) is 25.2 Å². The molecule has 2 rings (SSSR count). The summed E-state index contributed by atoms with van der Waals surface area (Å²) in [6, 6.07) is 12.0. The molecule has 0 radical (unpaired) electrons. The molecule has 0 saturated carbocycles. The van der Waals surface area contributed by atoms with Crippen LogP contribution >= 0.6 is 23.2 Å². The SMILES string of the molecule is CC(C)COC(=O)Nc1cccc(NCC(=O)Nc2cccc(Cl)c2Cl)c1. The van der Waals surface area contributed by atoms with Gasteiger partial charge < -0.3 is 15.4 Å². The lowest BCUT2D eigenvalue weighted by Gasteiger charge is -2.12. The fourth-order valence-electron chi connectivity index (χ4n) is 2.08. The van der Waals surface area contributed by atoms with Gasteiger partial charge in [0.05, 0.1) is 28.9 Å². The lowest BCUT2D eigenvalue weighted by Crippen LogP contribution is -2.22. The number of hydrogen-bond donors (Lipinski definition) is 3. The first kappa shape index (κ1) is 20.9. The van der Waals surface area contributed by atoms with Gasteiger partial charge in [0.2, 0.25) is 5.91 Å². The van der Waals surface area contributed by atoms with Gasteiger partial charge in [-0.3, -0.25) is 10.1 Å². The van der Waals surface area contributed by atoms with Crippen LogP contribution < -0.4 is 16.0 Å². The predicted molar refractivity (Wildman–Crippen MR) is 110 cm³/mol. The number of halogens is 2. The highest BCUT2D eigenvalue weighted by Crippen LogP contribution is 2.29. The van der Waals surface area contributed by atoms with Crippen molar-refractivity contribution in [3.63, 3.8) is 0 Å². The van der Waals surface area contributed by atoms with Gasteiger partial charge in [0.15, 0.2) is 0 Å². The number of nitrogens with one attached hydrogen (secondary N) is 3. The van der Waals surface area contributed by atoms with Gasteiger partial charge in [0, 0.05) is 11.4 Å². The Labute approximate surface area is 168 Å². The maximum Gasteiger partial charge on any atom is 0.411 e. The summed E-state index contributed by atoms with van der Waals surface area (Å²) >= 11 is 12.0. The normalized spacial score (nSPS) is 10.4. The summed E-state index contributed by atoms with van der Waals surface area (Å²) in [7, 11) is 0. The number of amides is 2. The molecule has 0 saturated heterocycles. The molecule has 0 heterocycles. The van der Waals surface area contributed by atoms with E-state index in [2.05, 4.69) is 16.0 Å². The summed E-state index contributed by atoms with van der Waals surface area (Å²) in [4.78, 5) is 23.8. The molecule has 0 aliphatic rings. The van der Waals surface area contributed by atoms with Crippen molar-refractivity contribution in [2.45, 2.75) is 13.8 Å². The topological polar surface area (TPSA) is 79.5 Å². The second-order valence-electron chi connectivity index (χ2n) is 6.20. The maximum absolute atomic E-state index is 12.1. The fourth-order valence-corrected chi connectivity index (χ4v) is 2.43. The molecule has 3 N–H and O–H groups in total. The molecule has 2 aromatic rings. The Hall–Kier alpha value is -2.44. The first-order valence-corrected chi connectivity index (χ1v) is 9.12. The Morgan fingerprint density at radius 2 is 1.74 bits per heavy atom. The van der Waals surface area contributed by atoms with E-state index >= 15 is 0 Å². The third-order valence-corrected chi connectivity index (χ3v) is 4.15. The van der Waals surface area contributed by atoms with E-state index in [-0.39, 0.29) is 18.4 Å². The summed E-state index contributed by atoms with van der Waals surface area (Å²) in [5, 5.41) is 8.97. The van der Waals surface area contributed by atoms with Crippen molar-refractivity contribution in [2.24, 2.45) is 5.92 Å². The molecule has 0 aromatic heterocycles. The van der Waals surface area contributed by atoms with Crippen LogP contribution in [-0.2, 0) is 9.53 Å². The van der Waals surface area contributed by atoms with E-state index in [4.69, 9.17) is 27.9 Å². The molecular weight excluding hydrogens is 389 g/mol. The predicted octanol–water partition coefficient (Wildman–Crippen LogP) is 5.25. The van der Waals surface area contributed by atoms with E-state index in [9.17, 15) is 9.59 Å². The number of carbonyl (C=O) groups is 2. The molecule has 8 heteroatoms. The second kappa shape index (κ2) is 10.0. The number of benzene rings is 2. The van der Waals surface area contributed by atoms with Crippen LogP contribution in [0.4, 0.5) is 21.9 Å². The zero-order valence-corrected chi connectivity index (χ0v) is 16.5. The van der Waals surface area contributed by atoms with Crippen molar-refractivity contribution in [1.29, 1.82) is 0 Å². The average Bonchev–Trinajstić information content (AvgIpc) is 2.62. The molecule has 0 aliphatic heterocycles. The number of ether oxygens (including phenoxy) is 1. The van der Waals surface area contributed by atoms with Crippen LogP contribution in [0.3, 0.4) is 0 Å². The minimum absolute atomic E-state index is 0.0179. The fraction of sp³-hybridized carbons (Fsp3) is 0.263. The molecule has 0 atom stereocenters. The minimum Gasteiger partial charge on any atom is -0.449 e. The van der Waals surface area contributed by atoms with Gasteiger partial charge in [-0.25, -0.2) is 4.79 Å². The van der Waals surface area contributed by atoms with E-state index < -0.39 is 6.09 Å². The summed E-state index contributed by atoms with van der Waals surface area (Å²) in [5.74, 6) is -0.0239. The van der Waals surface area contributed by atoms with Gasteiger partial charge in [-0.05, 0) is 36.2 Å². The summed E-state index contributed by atoms with van der Waals surface area (Å²) in [6.45, 7) is 4.28. The Balaban J connectivity index is 1.87. The third-order valence-electron chi connectivity index (χ3n) is 3.34. The Kier molecular flexibility index (Phi) is 7.76. The Morgan fingerprint density at radius 1 is 1.04 bits per heavy atom. The third kappa shape index (κ3) is 7.00. The average molecular weight is 410 g/mol. The summed E-state index contributed by atoms with van der Waals surface area (Å²) in [5.41, 5.74) is 1.68. The maximum atomic E-state index is 12.1. The molecule has 0 aliphatic carbocycles. The molecule has 0 bridgehead atoms. The van der Waals surface area contributed by atoms with Crippen LogP contribution in [0.5, 0.6) is 0 Å². The quantitative estimate of drug-likeness (QED) is 0.583. The summed E-state index contributed by atoms with van der Waals surface area (Å²) < 4.78 is 5.07. The number of carbonyl (C=O) groups excluding carboxylic acids is 2. The molecule has 27 heavy (non-hydrogen) atoms. The van der Waals surface area contributed by atoms with Crippen LogP contribution in [0.15, 0.2) is 42.5 Å². The van der Waals surface area contributed by atoms with E-state index in [1.165, 1.54) is 0 Å². The Morgan fingerprint density at radius 3 is 2.48 bits per heavy atom. The van der Waals surface area contributed by atoms with Crippen molar-refractivity contribution in [2.75, 3.05) is 29.1 Å². The van der Waals surface area contributed by atoms with Gasteiger partial charge in [-0.15, -0.1) is 0 Å².